The third-order valence-corrected chi connectivity index (χ3v) is 3.63. The fourth-order valence-corrected chi connectivity index (χ4v) is 2.40. The molecule has 0 unspecified atom stereocenters. The Morgan fingerprint density at radius 2 is 2.17 bits per heavy atom. The summed E-state index contributed by atoms with van der Waals surface area (Å²) in [6.07, 6.45) is 2.89. The number of amides is 1. The maximum absolute atomic E-state index is 13.6. The average Bonchev–Trinajstić information content (AvgIpc) is 3.00. The molecule has 1 aromatic heterocycles. The fourth-order valence-electron chi connectivity index (χ4n) is 1.57. The number of nitro benzene ring substituents is 1. The number of benzene rings is 1. The largest absolute Gasteiger partial charge is 0.330 e. The molecule has 2 rings (SSSR count). The molecule has 0 saturated heterocycles. The van der Waals surface area contributed by atoms with Crippen molar-refractivity contribution in [3.05, 3.63) is 62.6 Å². The van der Waals surface area contributed by atoms with Crippen LogP contribution in [0.3, 0.4) is 0 Å². The minimum Gasteiger partial charge on any atom is -0.330 e. The first kappa shape index (κ1) is 16.7. The van der Waals surface area contributed by atoms with Gasteiger partial charge in [0.15, 0.2) is 5.11 Å². The molecule has 0 bridgehead atoms. The Hall–Kier alpha value is -2.65. The maximum atomic E-state index is 13.6. The van der Waals surface area contributed by atoms with E-state index in [1.807, 2.05) is 17.5 Å². The van der Waals surface area contributed by atoms with Gasteiger partial charge in [0.2, 0.25) is 5.91 Å². The van der Waals surface area contributed by atoms with E-state index in [9.17, 15) is 19.3 Å². The van der Waals surface area contributed by atoms with Crippen LogP contribution in [0.25, 0.3) is 6.08 Å². The molecule has 118 valence electrons. The molecule has 9 heteroatoms. The van der Waals surface area contributed by atoms with Crippen molar-refractivity contribution in [3.63, 3.8) is 0 Å². The molecule has 2 N–H and O–H groups in total. The highest BCUT2D eigenvalue weighted by molar-refractivity contribution is 7.80. The molecule has 6 nitrogen and oxygen atoms in total. The quantitative estimate of drug-likeness (QED) is 0.382. The van der Waals surface area contributed by atoms with E-state index in [1.165, 1.54) is 17.4 Å². The third-order valence-electron chi connectivity index (χ3n) is 2.59. The van der Waals surface area contributed by atoms with Gasteiger partial charge >= 0.3 is 0 Å². The summed E-state index contributed by atoms with van der Waals surface area (Å²) in [6, 6.07) is 6.66. The van der Waals surface area contributed by atoms with Crippen LogP contribution in [0.2, 0.25) is 0 Å². The number of thiophene rings is 1. The van der Waals surface area contributed by atoms with Crippen LogP contribution in [0, 0.1) is 15.9 Å². The Morgan fingerprint density at radius 3 is 2.83 bits per heavy atom. The number of thiocarbonyl (C=S) groups is 1. The number of halogens is 1. The molecule has 2 aromatic rings. The van der Waals surface area contributed by atoms with Crippen molar-refractivity contribution in [1.29, 1.82) is 0 Å². The molecule has 0 saturated carbocycles. The Kier molecular flexibility index (Phi) is 5.50. The van der Waals surface area contributed by atoms with Gasteiger partial charge < -0.3 is 5.32 Å². The van der Waals surface area contributed by atoms with Gasteiger partial charge in [-0.3, -0.25) is 20.2 Å². The third kappa shape index (κ3) is 4.94. The molecule has 1 aromatic carbocycles. The van der Waals surface area contributed by atoms with E-state index in [2.05, 4.69) is 10.6 Å². The van der Waals surface area contributed by atoms with Gasteiger partial charge in [-0.25, -0.2) is 4.39 Å². The smallest absolute Gasteiger partial charge is 0.271 e. The molecule has 0 spiro atoms. The van der Waals surface area contributed by atoms with Crippen LogP contribution in [-0.4, -0.2) is 15.9 Å². The van der Waals surface area contributed by atoms with Gasteiger partial charge in [0.1, 0.15) is 5.82 Å². The summed E-state index contributed by atoms with van der Waals surface area (Å²) in [5.74, 6) is -1.22. The second kappa shape index (κ2) is 7.56. The van der Waals surface area contributed by atoms with Crippen LogP contribution in [0.4, 0.5) is 15.8 Å². The second-order valence-corrected chi connectivity index (χ2v) is 5.60. The Bertz CT molecular complexity index is 776. The summed E-state index contributed by atoms with van der Waals surface area (Å²) in [6.45, 7) is 0. The second-order valence-electron chi connectivity index (χ2n) is 4.21. The van der Waals surface area contributed by atoms with E-state index in [0.29, 0.717) is 0 Å². The van der Waals surface area contributed by atoms with Crippen LogP contribution >= 0.6 is 23.6 Å². The van der Waals surface area contributed by atoms with Crippen molar-refractivity contribution in [1.82, 2.24) is 5.32 Å². The number of hydrogen-bond donors (Lipinski definition) is 2. The number of rotatable bonds is 4. The molecule has 0 atom stereocenters. The first-order chi connectivity index (χ1) is 11.0. The van der Waals surface area contributed by atoms with Gasteiger partial charge in [0, 0.05) is 23.1 Å². The first-order valence-electron chi connectivity index (χ1n) is 6.23. The van der Waals surface area contributed by atoms with Gasteiger partial charge in [0.05, 0.1) is 10.6 Å². The summed E-state index contributed by atoms with van der Waals surface area (Å²) in [7, 11) is 0. The van der Waals surface area contributed by atoms with Crippen molar-refractivity contribution < 1.29 is 14.1 Å². The normalized spacial score (nSPS) is 10.5. The van der Waals surface area contributed by atoms with E-state index < -0.39 is 16.6 Å². The predicted octanol–water partition coefficient (Wildman–Crippen LogP) is 3.32. The Morgan fingerprint density at radius 1 is 1.39 bits per heavy atom. The lowest BCUT2D eigenvalue weighted by atomic mass is 10.2. The van der Waals surface area contributed by atoms with Crippen LogP contribution in [0.15, 0.2) is 41.8 Å². The molecule has 0 aliphatic rings. The molecule has 0 fully saturated rings. The summed E-state index contributed by atoms with van der Waals surface area (Å²) in [5.41, 5.74) is -0.479. The van der Waals surface area contributed by atoms with Gasteiger partial charge in [-0.1, -0.05) is 6.07 Å². The zero-order valence-corrected chi connectivity index (χ0v) is 13.1. The van der Waals surface area contributed by atoms with Crippen molar-refractivity contribution >= 4 is 52.0 Å². The predicted molar refractivity (Wildman–Crippen MR) is 90.8 cm³/mol. The molecular weight excluding hydrogens is 341 g/mol. The Balaban J connectivity index is 1.98. The molecule has 1 heterocycles. The number of nitrogens with one attached hydrogen (secondary N) is 2. The first-order valence-corrected chi connectivity index (χ1v) is 7.52. The molecule has 0 radical (unpaired) electrons. The van der Waals surface area contributed by atoms with Crippen LogP contribution in [-0.2, 0) is 4.79 Å². The van der Waals surface area contributed by atoms with E-state index >= 15 is 0 Å². The van der Waals surface area contributed by atoms with E-state index in [-0.39, 0.29) is 16.5 Å². The number of carbonyl (C=O) groups is 1. The number of hydrogen-bond acceptors (Lipinski definition) is 5. The highest BCUT2D eigenvalue weighted by Gasteiger charge is 2.12. The maximum Gasteiger partial charge on any atom is 0.271 e. The summed E-state index contributed by atoms with van der Waals surface area (Å²) >= 11 is 6.35. The molecule has 0 aliphatic carbocycles. The van der Waals surface area contributed by atoms with E-state index in [0.717, 1.165) is 23.1 Å². The number of anilines is 1. The van der Waals surface area contributed by atoms with Gasteiger partial charge in [-0.2, -0.15) is 0 Å². The highest BCUT2D eigenvalue weighted by Crippen LogP contribution is 2.21. The van der Waals surface area contributed by atoms with Crippen molar-refractivity contribution in [3.8, 4) is 0 Å². The molecule has 0 aliphatic heterocycles. The van der Waals surface area contributed by atoms with E-state index in [4.69, 9.17) is 12.2 Å². The van der Waals surface area contributed by atoms with Gasteiger partial charge in [0.25, 0.3) is 5.69 Å². The topological polar surface area (TPSA) is 84.3 Å². The number of non-ortho nitro benzene ring substituents is 1. The molecular formula is C14H10FN3O3S2. The lowest BCUT2D eigenvalue weighted by Crippen LogP contribution is -2.33. The lowest BCUT2D eigenvalue weighted by molar-refractivity contribution is -0.384. The Labute approximate surface area is 139 Å². The monoisotopic (exact) mass is 351 g/mol. The number of nitro groups is 1. The number of carbonyl (C=O) groups excluding carboxylic acids is 1. The van der Waals surface area contributed by atoms with Crippen LogP contribution < -0.4 is 10.6 Å². The zero-order chi connectivity index (χ0) is 16.8. The standard InChI is InChI=1S/C14H10FN3O3S2/c15-11-5-3-9(18(20)21)8-12(11)16-14(22)17-13(19)6-4-10-2-1-7-23-10/h1-8H,(H2,16,17,19,22). The van der Waals surface area contributed by atoms with Crippen molar-refractivity contribution in [2.75, 3.05) is 5.32 Å². The SMILES string of the molecule is O=C(C=Cc1cccs1)NC(=S)Nc1cc([N+](=O)[O-])ccc1F. The van der Waals surface area contributed by atoms with Gasteiger partial charge in [-0.15, -0.1) is 11.3 Å². The highest BCUT2D eigenvalue weighted by atomic mass is 32.1. The number of nitrogens with zero attached hydrogens (tertiary/aromatic N) is 1. The summed E-state index contributed by atoms with van der Waals surface area (Å²) in [5, 5.41) is 17.1. The fraction of sp³-hybridized carbons (Fsp3) is 0. The van der Waals surface area contributed by atoms with E-state index in [1.54, 1.807) is 6.08 Å². The zero-order valence-electron chi connectivity index (χ0n) is 11.5. The van der Waals surface area contributed by atoms with Crippen LogP contribution in [0.5, 0.6) is 0 Å². The minimum atomic E-state index is -0.721. The average molecular weight is 351 g/mol. The summed E-state index contributed by atoms with van der Waals surface area (Å²) < 4.78 is 13.6. The van der Waals surface area contributed by atoms with Crippen LogP contribution in [0.1, 0.15) is 4.88 Å². The molecule has 23 heavy (non-hydrogen) atoms. The minimum absolute atomic E-state index is 0.162. The molecule has 1 amide bonds. The summed E-state index contributed by atoms with van der Waals surface area (Å²) in [4.78, 5) is 22.6. The van der Waals surface area contributed by atoms with Crippen molar-refractivity contribution in [2.45, 2.75) is 0 Å². The van der Waals surface area contributed by atoms with Gasteiger partial charge in [-0.05, 0) is 35.8 Å². The lowest BCUT2D eigenvalue weighted by Gasteiger charge is -2.08. The van der Waals surface area contributed by atoms with Crippen molar-refractivity contribution in [2.24, 2.45) is 0 Å².